The fourth-order valence-electron chi connectivity index (χ4n) is 2.58. The highest BCUT2D eigenvalue weighted by molar-refractivity contribution is 7.80. The van der Waals surface area contributed by atoms with E-state index in [1.807, 2.05) is 13.8 Å². The number of phenolic OH excluding ortho intramolecular Hbond substituents is 1. The predicted molar refractivity (Wildman–Crippen MR) is 114 cm³/mol. The number of carbonyl (C=O) groups is 3. The minimum atomic E-state index is -0.982. The first-order valence-electron chi connectivity index (χ1n) is 9.32. The first-order chi connectivity index (χ1) is 13.4. The van der Waals surface area contributed by atoms with E-state index in [0.717, 1.165) is 0 Å². The van der Waals surface area contributed by atoms with E-state index in [-0.39, 0.29) is 23.5 Å². The fourth-order valence-corrected chi connectivity index (χ4v) is 2.83. The van der Waals surface area contributed by atoms with Crippen molar-refractivity contribution in [3.05, 3.63) is 29.8 Å². The standard InChI is InChI=1S/C20H31N3O5S/c1-12(2)21-17(25)16(13-7-9-14(24)10-8-13)23(6)18(26)15(11-29)22-19(27)28-20(3,4)5/h7-10,12,15-16,24,29H,11H2,1-6H3,(H,21,25)(H,22,27). The zero-order valence-corrected chi connectivity index (χ0v) is 18.6. The number of amides is 3. The second kappa shape index (κ2) is 10.4. The molecule has 2 atom stereocenters. The Hall–Kier alpha value is -2.42. The number of thiol groups is 1. The van der Waals surface area contributed by atoms with Crippen LogP contribution < -0.4 is 10.6 Å². The van der Waals surface area contributed by atoms with Gasteiger partial charge >= 0.3 is 6.09 Å². The highest BCUT2D eigenvalue weighted by atomic mass is 32.1. The van der Waals surface area contributed by atoms with E-state index in [0.29, 0.717) is 5.56 Å². The molecule has 0 aliphatic rings. The van der Waals surface area contributed by atoms with Crippen LogP contribution in [0.1, 0.15) is 46.2 Å². The van der Waals surface area contributed by atoms with Gasteiger partial charge in [0.15, 0.2) is 0 Å². The maximum Gasteiger partial charge on any atom is 0.408 e. The Morgan fingerprint density at radius 3 is 2.14 bits per heavy atom. The largest absolute Gasteiger partial charge is 0.508 e. The van der Waals surface area contributed by atoms with Gasteiger partial charge in [-0.3, -0.25) is 9.59 Å². The van der Waals surface area contributed by atoms with Gasteiger partial charge in [0.25, 0.3) is 0 Å². The predicted octanol–water partition coefficient (Wildman–Crippen LogP) is 2.24. The number of alkyl carbamates (subject to hydrolysis) is 1. The number of aromatic hydroxyl groups is 1. The number of hydrogen-bond donors (Lipinski definition) is 4. The molecule has 0 saturated heterocycles. The topological polar surface area (TPSA) is 108 Å². The number of rotatable bonds is 7. The average molecular weight is 426 g/mol. The number of phenols is 1. The first kappa shape index (κ1) is 24.6. The Morgan fingerprint density at radius 1 is 1.14 bits per heavy atom. The number of likely N-dealkylation sites (N-methyl/N-ethyl adjacent to an activating group) is 1. The molecule has 1 rings (SSSR count). The summed E-state index contributed by atoms with van der Waals surface area (Å²) in [6, 6.07) is 3.96. The van der Waals surface area contributed by atoms with Crippen LogP contribution in [-0.2, 0) is 14.3 Å². The van der Waals surface area contributed by atoms with Crippen molar-refractivity contribution in [1.29, 1.82) is 0 Å². The lowest BCUT2D eigenvalue weighted by molar-refractivity contribution is -0.140. The Balaban J connectivity index is 3.10. The molecule has 162 valence electrons. The van der Waals surface area contributed by atoms with Crippen LogP contribution in [0.2, 0.25) is 0 Å². The van der Waals surface area contributed by atoms with E-state index in [1.54, 1.807) is 32.9 Å². The summed E-state index contributed by atoms with van der Waals surface area (Å²) in [5.74, 6) is -0.804. The molecule has 0 fully saturated rings. The molecule has 2 unspecified atom stereocenters. The lowest BCUT2D eigenvalue weighted by Crippen LogP contribution is -2.52. The Labute approximate surface area is 177 Å². The normalized spacial score (nSPS) is 13.4. The van der Waals surface area contributed by atoms with Crippen LogP contribution in [0.3, 0.4) is 0 Å². The highest BCUT2D eigenvalue weighted by Gasteiger charge is 2.33. The van der Waals surface area contributed by atoms with Gasteiger partial charge in [0.05, 0.1) is 0 Å². The Bertz CT molecular complexity index is 716. The molecule has 29 heavy (non-hydrogen) atoms. The van der Waals surface area contributed by atoms with Crippen molar-refractivity contribution in [2.24, 2.45) is 0 Å². The third kappa shape index (κ3) is 7.84. The number of carbonyl (C=O) groups excluding carboxylic acids is 3. The lowest BCUT2D eigenvalue weighted by Gasteiger charge is -2.31. The minimum absolute atomic E-state index is 0.0243. The van der Waals surface area contributed by atoms with Gasteiger partial charge in [0.2, 0.25) is 11.8 Å². The molecule has 0 radical (unpaired) electrons. The van der Waals surface area contributed by atoms with Gasteiger partial charge in [-0.05, 0) is 52.3 Å². The summed E-state index contributed by atoms with van der Waals surface area (Å²) in [6.45, 7) is 8.77. The molecular weight excluding hydrogens is 394 g/mol. The second-order valence-corrected chi connectivity index (χ2v) is 8.35. The van der Waals surface area contributed by atoms with Gasteiger partial charge < -0.3 is 25.4 Å². The second-order valence-electron chi connectivity index (χ2n) is 7.99. The van der Waals surface area contributed by atoms with Gasteiger partial charge in [0.1, 0.15) is 23.4 Å². The van der Waals surface area contributed by atoms with E-state index >= 15 is 0 Å². The van der Waals surface area contributed by atoms with Crippen LogP contribution in [0.5, 0.6) is 5.75 Å². The third-order valence-electron chi connectivity index (χ3n) is 3.79. The summed E-state index contributed by atoms with van der Waals surface area (Å²) >= 11 is 4.16. The minimum Gasteiger partial charge on any atom is -0.508 e. The van der Waals surface area contributed by atoms with Gasteiger partial charge in [-0.1, -0.05) is 12.1 Å². The molecule has 0 aliphatic heterocycles. The van der Waals surface area contributed by atoms with Crippen LogP contribution in [0.15, 0.2) is 24.3 Å². The molecular formula is C20H31N3O5S. The molecule has 3 amide bonds. The van der Waals surface area contributed by atoms with Crippen molar-refractivity contribution < 1.29 is 24.2 Å². The van der Waals surface area contributed by atoms with Crippen molar-refractivity contribution in [3.63, 3.8) is 0 Å². The van der Waals surface area contributed by atoms with Crippen LogP contribution in [0.4, 0.5) is 4.79 Å². The molecule has 0 aliphatic carbocycles. The zero-order chi connectivity index (χ0) is 22.4. The fraction of sp³-hybridized carbons (Fsp3) is 0.550. The molecule has 8 nitrogen and oxygen atoms in total. The molecule has 0 saturated carbocycles. The number of benzene rings is 1. The van der Waals surface area contributed by atoms with Crippen molar-refractivity contribution >= 4 is 30.5 Å². The molecule has 3 N–H and O–H groups in total. The smallest absolute Gasteiger partial charge is 0.408 e. The molecule has 0 bridgehead atoms. The quantitative estimate of drug-likeness (QED) is 0.501. The number of hydrogen-bond acceptors (Lipinski definition) is 6. The highest BCUT2D eigenvalue weighted by Crippen LogP contribution is 2.23. The Kier molecular flexibility index (Phi) is 8.81. The molecule has 0 aromatic heterocycles. The van der Waals surface area contributed by atoms with E-state index in [4.69, 9.17) is 4.74 Å². The van der Waals surface area contributed by atoms with E-state index in [2.05, 4.69) is 23.3 Å². The summed E-state index contributed by atoms with van der Waals surface area (Å²) in [5, 5.41) is 14.8. The number of ether oxygens (including phenoxy) is 1. The maximum atomic E-state index is 13.0. The first-order valence-corrected chi connectivity index (χ1v) is 9.95. The summed E-state index contributed by atoms with van der Waals surface area (Å²) in [7, 11) is 1.48. The van der Waals surface area contributed by atoms with Gasteiger partial charge in [0, 0.05) is 18.8 Å². The molecule has 9 heteroatoms. The SMILES string of the molecule is CC(C)NC(=O)C(c1ccc(O)cc1)N(C)C(=O)C(CS)NC(=O)OC(C)(C)C. The zero-order valence-electron chi connectivity index (χ0n) is 17.7. The van der Waals surface area contributed by atoms with E-state index in [1.165, 1.54) is 24.1 Å². The van der Waals surface area contributed by atoms with E-state index < -0.39 is 29.7 Å². The lowest BCUT2D eigenvalue weighted by atomic mass is 10.0. The van der Waals surface area contributed by atoms with Gasteiger partial charge in [-0.25, -0.2) is 4.79 Å². The maximum absolute atomic E-state index is 13.0. The van der Waals surface area contributed by atoms with Crippen LogP contribution in [0, 0.1) is 0 Å². The summed E-state index contributed by atoms with van der Waals surface area (Å²) in [5.41, 5.74) is -0.196. The molecule has 1 aromatic carbocycles. The summed E-state index contributed by atoms with van der Waals surface area (Å²) in [6.07, 6.45) is -0.744. The van der Waals surface area contributed by atoms with Crippen molar-refractivity contribution in [2.75, 3.05) is 12.8 Å². The Morgan fingerprint density at radius 2 is 1.69 bits per heavy atom. The van der Waals surface area contributed by atoms with E-state index in [9.17, 15) is 19.5 Å². The number of nitrogens with one attached hydrogen (secondary N) is 2. The van der Waals surface area contributed by atoms with Crippen LogP contribution in [-0.4, -0.2) is 58.4 Å². The van der Waals surface area contributed by atoms with Gasteiger partial charge in [-0.2, -0.15) is 12.6 Å². The van der Waals surface area contributed by atoms with Crippen LogP contribution >= 0.6 is 12.6 Å². The van der Waals surface area contributed by atoms with Crippen molar-refractivity contribution in [1.82, 2.24) is 15.5 Å². The van der Waals surface area contributed by atoms with Crippen molar-refractivity contribution in [3.8, 4) is 5.75 Å². The molecule has 1 aromatic rings. The average Bonchev–Trinajstić information content (AvgIpc) is 2.58. The van der Waals surface area contributed by atoms with Gasteiger partial charge in [-0.15, -0.1) is 0 Å². The number of nitrogens with zero attached hydrogens (tertiary/aromatic N) is 1. The monoisotopic (exact) mass is 425 g/mol. The van der Waals surface area contributed by atoms with Crippen LogP contribution in [0.25, 0.3) is 0 Å². The summed E-state index contributed by atoms with van der Waals surface area (Å²) in [4.78, 5) is 39.2. The molecule has 0 spiro atoms. The summed E-state index contributed by atoms with van der Waals surface area (Å²) < 4.78 is 5.20. The third-order valence-corrected chi connectivity index (χ3v) is 4.16. The molecule has 0 heterocycles. The van der Waals surface area contributed by atoms with Crippen molar-refractivity contribution in [2.45, 2.75) is 58.3 Å².